The Kier molecular flexibility index (Phi) is 5.31. The molecule has 3 aromatic rings. The van der Waals surface area contributed by atoms with Gasteiger partial charge in [0.25, 0.3) is 5.69 Å². The number of aryl methyl sites for hydroxylation is 1. The Morgan fingerprint density at radius 1 is 1.20 bits per heavy atom. The Morgan fingerprint density at radius 3 is 2.53 bits per heavy atom. The maximum atomic E-state index is 13.3. The first-order chi connectivity index (χ1) is 14.3. The highest BCUT2D eigenvalue weighted by atomic mass is 35.5. The highest BCUT2D eigenvalue weighted by molar-refractivity contribution is 7.89. The van der Waals surface area contributed by atoms with E-state index >= 15 is 0 Å². The molecule has 1 fully saturated rings. The van der Waals surface area contributed by atoms with Crippen LogP contribution in [0.15, 0.2) is 51.8 Å². The van der Waals surface area contributed by atoms with Gasteiger partial charge in [0.1, 0.15) is 0 Å². The first kappa shape index (κ1) is 20.5. The summed E-state index contributed by atoms with van der Waals surface area (Å²) in [6.07, 6.45) is 1.40. The van der Waals surface area contributed by atoms with E-state index in [4.69, 9.17) is 16.0 Å². The van der Waals surface area contributed by atoms with Gasteiger partial charge >= 0.3 is 0 Å². The van der Waals surface area contributed by atoms with Gasteiger partial charge in [-0.1, -0.05) is 17.7 Å². The number of sulfonamides is 1. The first-order valence-electron chi connectivity index (χ1n) is 9.11. The van der Waals surface area contributed by atoms with Crippen LogP contribution >= 0.6 is 11.6 Å². The van der Waals surface area contributed by atoms with Crippen LogP contribution in [0.4, 0.5) is 5.69 Å². The lowest BCUT2D eigenvalue weighted by atomic mass is 10.2. The van der Waals surface area contributed by atoms with Gasteiger partial charge in [-0.25, -0.2) is 8.42 Å². The molecule has 1 heterocycles. The van der Waals surface area contributed by atoms with Crippen LogP contribution in [-0.2, 0) is 16.6 Å². The Hall–Kier alpha value is -2.82. The monoisotopic (exact) mass is 448 g/mol. The standard InChI is InChI=1S/C19H17ClN4O5S/c1-12-2-7-16(24(25)26)10-17(12)30(27,28)23(15-8-9-15)11-18-21-22-19(29-18)13-3-5-14(20)6-4-13/h2-7,10,15H,8-9,11H2,1H3. The molecule has 30 heavy (non-hydrogen) atoms. The van der Waals surface area contributed by atoms with Gasteiger partial charge in [0.15, 0.2) is 0 Å². The normalized spacial score (nSPS) is 14.2. The predicted octanol–water partition coefficient (Wildman–Crippen LogP) is 3.96. The third kappa shape index (κ3) is 4.07. The lowest BCUT2D eigenvalue weighted by Crippen LogP contribution is -2.33. The third-order valence-electron chi connectivity index (χ3n) is 4.77. The van der Waals surface area contributed by atoms with Crippen LogP contribution in [0.2, 0.25) is 5.02 Å². The number of hydrogen-bond acceptors (Lipinski definition) is 7. The summed E-state index contributed by atoms with van der Waals surface area (Å²) in [5.74, 6) is 0.389. The smallest absolute Gasteiger partial charge is 0.270 e. The van der Waals surface area contributed by atoms with E-state index in [0.29, 0.717) is 29.0 Å². The van der Waals surface area contributed by atoms with Gasteiger partial charge in [-0.05, 0) is 49.6 Å². The van der Waals surface area contributed by atoms with Crippen LogP contribution in [0.3, 0.4) is 0 Å². The first-order valence-corrected chi connectivity index (χ1v) is 10.9. The molecule has 0 atom stereocenters. The molecular weight excluding hydrogens is 432 g/mol. The van der Waals surface area contributed by atoms with Crippen LogP contribution < -0.4 is 0 Å². The van der Waals surface area contributed by atoms with E-state index in [0.717, 1.165) is 6.07 Å². The topological polar surface area (TPSA) is 119 Å². The number of halogens is 1. The number of nitrogens with zero attached hydrogens (tertiary/aromatic N) is 4. The quantitative estimate of drug-likeness (QED) is 0.396. The summed E-state index contributed by atoms with van der Waals surface area (Å²) in [6, 6.07) is 10.4. The second kappa shape index (κ2) is 7.78. The van der Waals surface area contributed by atoms with Crippen molar-refractivity contribution < 1.29 is 17.8 Å². The minimum atomic E-state index is -4.00. The van der Waals surface area contributed by atoms with E-state index < -0.39 is 14.9 Å². The Bertz CT molecular complexity index is 1210. The largest absolute Gasteiger partial charge is 0.419 e. The predicted molar refractivity (Wildman–Crippen MR) is 108 cm³/mol. The second-order valence-corrected chi connectivity index (χ2v) is 9.29. The molecule has 2 aromatic carbocycles. The summed E-state index contributed by atoms with van der Waals surface area (Å²) in [4.78, 5) is 10.4. The zero-order valence-corrected chi connectivity index (χ0v) is 17.4. The number of hydrogen-bond donors (Lipinski definition) is 0. The molecule has 1 aliphatic carbocycles. The maximum absolute atomic E-state index is 13.3. The molecule has 0 unspecified atom stereocenters. The van der Waals surface area contributed by atoms with Crippen molar-refractivity contribution in [2.24, 2.45) is 0 Å². The lowest BCUT2D eigenvalue weighted by molar-refractivity contribution is -0.385. The van der Waals surface area contributed by atoms with E-state index in [9.17, 15) is 18.5 Å². The van der Waals surface area contributed by atoms with E-state index in [1.807, 2.05) is 0 Å². The van der Waals surface area contributed by atoms with Crippen molar-refractivity contribution in [1.29, 1.82) is 0 Å². The minimum absolute atomic E-state index is 0.0963. The summed E-state index contributed by atoms with van der Waals surface area (Å²) in [5.41, 5.74) is 0.810. The fraction of sp³-hybridized carbons (Fsp3) is 0.263. The second-order valence-electron chi connectivity index (χ2n) is 7.00. The van der Waals surface area contributed by atoms with Crippen molar-refractivity contribution in [1.82, 2.24) is 14.5 Å². The van der Waals surface area contributed by atoms with Crippen molar-refractivity contribution in [2.75, 3.05) is 0 Å². The van der Waals surface area contributed by atoms with Gasteiger partial charge in [0.05, 0.1) is 16.4 Å². The lowest BCUT2D eigenvalue weighted by Gasteiger charge is -2.21. The fourth-order valence-electron chi connectivity index (χ4n) is 3.04. The summed E-state index contributed by atoms with van der Waals surface area (Å²) in [6.45, 7) is 1.49. The zero-order chi connectivity index (χ0) is 21.5. The van der Waals surface area contributed by atoms with Crippen LogP contribution in [-0.4, -0.2) is 33.9 Å². The van der Waals surface area contributed by atoms with E-state index in [1.165, 1.54) is 16.4 Å². The molecule has 11 heteroatoms. The summed E-state index contributed by atoms with van der Waals surface area (Å²) < 4.78 is 33.6. The Balaban J connectivity index is 1.65. The molecule has 1 aliphatic rings. The molecule has 0 amide bonds. The number of benzene rings is 2. The molecule has 0 saturated heterocycles. The summed E-state index contributed by atoms with van der Waals surface area (Å²) in [7, 11) is -4.00. The Morgan fingerprint density at radius 2 is 1.90 bits per heavy atom. The number of nitro groups is 1. The van der Waals surface area contributed by atoms with Gasteiger partial charge in [0, 0.05) is 28.8 Å². The molecule has 4 rings (SSSR count). The van der Waals surface area contributed by atoms with Crippen molar-refractivity contribution in [2.45, 2.75) is 37.2 Å². The average Bonchev–Trinajstić information content (AvgIpc) is 3.44. The third-order valence-corrected chi connectivity index (χ3v) is 7.06. The highest BCUT2D eigenvalue weighted by Crippen LogP contribution is 2.35. The van der Waals surface area contributed by atoms with Crippen LogP contribution in [0, 0.1) is 17.0 Å². The molecule has 0 aliphatic heterocycles. The van der Waals surface area contributed by atoms with Crippen molar-refractivity contribution in [3.8, 4) is 11.5 Å². The molecule has 0 N–H and O–H groups in total. The van der Waals surface area contributed by atoms with Gasteiger partial charge in [-0.2, -0.15) is 4.31 Å². The average molecular weight is 449 g/mol. The van der Waals surface area contributed by atoms with E-state index in [1.54, 1.807) is 31.2 Å². The van der Waals surface area contributed by atoms with E-state index in [2.05, 4.69) is 10.2 Å². The summed E-state index contributed by atoms with van der Waals surface area (Å²) >= 11 is 5.88. The van der Waals surface area contributed by atoms with Gasteiger partial charge < -0.3 is 4.42 Å². The molecule has 1 aromatic heterocycles. The van der Waals surface area contributed by atoms with Crippen LogP contribution in [0.1, 0.15) is 24.3 Å². The SMILES string of the molecule is Cc1ccc([N+](=O)[O-])cc1S(=O)(=O)N(Cc1nnc(-c2ccc(Cl)cc2)o1)C1CC1. The maximum Gasteiger partial charge on any atom is 0.270 e. The molecule has 0 radical (unpaired) electrons. The number of non-ortho nitro benzene ring substituents is 1. The molecule has 0 bridgehead atoms. The van der Waals surface area contributed by atoms with Crippen molar-refractivity contribution >= 4 is 27.3 Å². The van der Waals surface area contributed by atoms with Gasteiger partial charge in [0.2, 0.25) is 21.8 Å². The number of rotatable bonds is 7. The van der Waals surface area contributed by atoms with Gasteiger partial charge in [-0.15, -0.1) is 10.2 Å². The minimum Gasteiger partial charge on any atom is -0.419 e. The fourth-order valence-corrected chi connectivity index (χ4v) is 5.05. The molecule has 9 nitrogen and oxygen atoms in total. The van der Waals surface area contributed by atoms with Gasteiger partial charge in [-0.3, -0.25) is 10.1 Å². The van der Waals surface area contributed by atoms with Crippen LogP contribution in [0.25, 0.3) is 11.5 Å². The van der Waals surface area contributed by atoms with Crippen molar-refractivity contribution in [3.63, 3.8) is 0 Å². The highest BCUT2D eigenvalue weighted by Gasteiger charge is 2.40. The molecule has 156 valence electrons. The summed E-state index contributed by atoms with van der Waals surface area (Å²) in [5, 5.41) is 19.6. The Labute approximate surface area is 177 Å². The zero-order valence-electron chi connectivity index (χ0n) is 15.9. The van der Waals surface area contributed by atoms with Crippen molar-refractivity contribution in [3.05, 3.63) is 69.1 Å². The number of nitro benzene ring substituents is 1. The molecular formula is C19H17ClN4O5S. The number of aromatic nitrogens is 2. The molecule has 1 saturated carbocycles. The van der Waals surface area contributed by atoms with E-state index in [-0.39, 0.29) is 35.0 Å². The molecule has 0 spiro atoms. The van der Waals surface area contributed by atoms with Crippen LogP contribution in [0.5, 0.6) is 0 Å².